The first-order valence-corrected chi connectivity index (χ1v) is 12.2. The van der Waals surface area contributed by atoms with Crippen LogP contribution < -0.4 is 0 Å². The smallest absolute Gasteiger partial charge is 0.257 e. The maximum Gasteiger partial charge on any atom is 0.257 e. The number of carbonyl (C=O) groups excluding carboxylic acids is 1. The highest BCUT2D eigenvalue weighted by Gasteiger charge is 2.28. The lowest BCUT2D eigenvalue weighted by Gasteiger charge is -2.43. The number of para-hydroxylation sites is 1. The van der Waals surface area contributed by atoms with Gasteiger partial charge < -0.3 is 14.2 Å². The molecule has 0 atom stereocenters. The zero-order valence-electron chi connectivity index (χ0n) is 18.4. The number of rotatable bonds is 9. The molecule has 0 saturated carbocycles. The molecule has 0 saturated heterocycles. The summed E-state index contributed by atoms with van der Waals surface area (Å²) >= 11 is 0. The second-order valence-corrected chi connectivity index (χ2v) is 12.8. The Morgan fingerprint density at radius 3 is 2.46 bits per heavy atom. The second kappa shape index (κ2) is 10.2. The van der Waals surface area contributed by atoms with Gasteiger partial charge in [0.15, 0.2) is 0 Å². The number of aromatic hydroxyl groups is 1. The van der Waals surface area contributed by atoms with Crippen LogP contribution in [0.3, 0.4) is 0 Å². The van der Waals surface area contributed by atoms with Crippen molar-refractivity contribution in [1.29, 1.82) is 5.26 Å². The Kier molecular flexibility index (Phi) is 8.84. The van der Waals surface area contributed by atoms with Gasteiger partial charge in [-0.3, -0.25) is 4.79 Å². The molecule has 28 heavy (non-hydrogen) atoms. The maximum atomic E-state index is 13.0. The van der Waals surface area contributed by atoms with Gasteiger partial charge in [-0.05, 0) is 43.4 Å². The highest BCUT2D eigenvalue weighted by Crippen LogP contribution is 2.53. The first kappa shape index (κ1) is 24.3. The summed E-state index contributed by atoms with van der Waals surface area (Å²) in [6, 6.07) is 6.63. The third-order valence-corrected chi connectivity index (χ3v) is 8.64. The standard InChI is InChI=1S/C22H36N2O3S/c1-17(2)16-24(13-8-9-14-27-28(6,7)22(3,4)5)21(26)19-12-10-11-18(15-23)20(19)25/h10-12,17,25H,8-9,13-14,16H2,1-7H3. The number of nitrogens with zero attached hydrogens (tertiary/aromatic N) is 2. The van der Waals surface area contributed by atoms with E-state index in [4.69, 9.17) is 9.44 Å². The lowest BCUT2D eigenvalue weighted by molar-refractivity contribution is 0.0728. The number of nitriles is 1. The van der Waals surface area contributed by atoms with E-state index >= 15 is 0 Å². The summed E-state index contributed by atoms with van der Waals surface area (Å²) in [5, 5.41) is 19.3. The van der Waals surface area contributed by atoms with Gasteiger partial charge in [-0.15, -0.1) is 10.3 Å². The van der Waals surface area contributed by atoms with E-state index in [1.165, 1.54) is 6.07 Å². The van der Waals surface area contributed by atoms with E-state index in [9.17, 15) is 9.90 Å². The first-order valence-electron chi connectivity index (χ1n) is 9.79. The molecule has 0 radical (unpaired) electrons. The van der Waals surface area contributed by atoms with E-state index in [0.29, 0.717) is 25.6 Å². The Labute approximate surface area is 172 Å². The van der Waals surface area contributed by atoms with Crippen LogP contribution in [-0.2, 0) is 4.18 Å². The molecule has 158 valence electrons. The largest absolute Gasteiger partial charge is 0.506 e. The number of carbonyl (C=O) groups is 1. The van der Waals surface area contributed by atoms with Crippen LogP contribution in [0.25, 0.3) is 0 Å². The van der Waals surface area contributed by atoms with E-state index < -0.39 is 10.3 Å². The van der Waals surface area contributed by atoms with Crippen molar-refractivity contribution in [3.05, 3.63) is 29.3 Å². The summed E-state index contributed by atoms with van der Waals surface area (Å²) < 4.78 is 6.29. The normalized spacial score (nSPS) is 12.7. The van der Waals surface area contributed by atoms with Gasteiger partial charge in [0.1, 0.15) is 11.8 Å². The zero-order valence-corrected chi connectivity index (χ0v) is 19.2. The molecule has 5 nitrogen and oxygen atoms in total. The Bertz CT molecular complexity index is 703. The minimum atomic E-state index is -1.13. The molecular weight excluding hydrogens is 372 g/mol. The molecule has 0 fully saturated rings. The predicted molar refractivity (Wildman–Crippen MR) is 118 cm³/mol. The Morgan fingerprint density at radius 2 is 1.93 bits per heavy atom. The fraction of sp³-hybridized carbons (Fsp3) is 0.636. The molecule has 1 N–H and O–H groups in total. The van der Waals surface area contributed by atoms with E-state index in [1.807, 2.05) is 6.07 Å². The highest BCUT2D eigenvalue weighted by molar-refractivity contribution is 8.29. The molecule has 1 aromatic rings. The molecule has 0 aliphatic rings. The van der Waals surface area contributed by atoms with Crippen molar-refractivity contribution in [2.24, 2.45) is 5.92 Å². The lowest BCUT2D eigenvalue weighted by Crippen LogP contribution is -2.35. The van der Waals surface area contributed by atoms with E-state index in [0.717, 1.165) is 12.8 Å². The average Bonchev–Trinajstić information content (AvgIpc) is 2.58. The highest BCUT2D eigenvalue weighted by atomic mass is 32.3. The molecule has 0 aliphatic carbocycles. The Balaban J connectivity index is 2.72. The average molecular weight is 409 g/mol. The molecule has 0 spiro atoms. The van der Waals surface area contributed by atoms with Crippen molar-refractivity contribution < 1.29 is 14.1 Å². The first-order chi connectivity index (χ1) is 12.9. The van der Waals surface area contributed by atoms with Crippen molar-refractivity contribution in [2.45, 2.75) is 52.2 Å². The van der Waals surface area contributed by atoms with Crippen molar-refractivity contribution in [2.75, 3.05) is 32.2 Å². The topological polar surface area (TPSA) is 73.6 Å². The summed E-state index contributed by atoms with van der Waals surface area (Å²) in [5.74, 6) is -0.154. The van der Waals surface area contributed by atoms with Gasteiger partial charge in [-0.25, -0.2) is 0 Å². The minimum Gasteiger partial charge on any atom is -0.506 e. The molecular formula is C22H36N2O3S. The van der Waals surface area contributed by atoms with Crippen LogP contribution in [0.4, 0.5) is 0 Å². The fourth-order valence-electron chi connectivity index (χ4n) is 2.54. The maximum absolute atomic E-state index is 13.0. The number of benzene rings is 1. The van der Waals surface area contributed by atoms with Crippen molar-refractivity contribution in [1.82, 2.24) is 4.90 Å². The van der Waals surface area contributed by atoms with Crippen molar-refractivity contribution in [3.8, 4) is 11.8 Å². The number of phenols is 1. The van der Waals surface area contributed by atoms with Gasteiger partial charge in [-0.2, -0.15) is 5.26 Å². The van der Waals surface area contributed by atoms with Crippen LogP contribution in [-0.4, -0.2) is 52.9 Å². The predicted octanol–water partition coefficient (Wildman–Crippen LogP) is 4.94. The van der Waals surface area contributed by atoms with Crippen LogP contribution in [0, 0.1) is 17.2 Å². The third-order valence-electron chi connectivity index (χ3n) is 4.93. The SMILES string of the molecule is CC(C)CN(CCCCOS(C)(C)C(C)(C)C)C(=O)c1cccc(C#N)c1O. The summed E-state index contributed by atoms with van der Waals surface area (Å²) in [7, 11) is -1.13. The monoisotopic (exact) mass is 408 g/mol. The van der Waals surface area contributed by atoms with E-state index in [2.05, 4.69) is 47.1 Å². The Morgan fingerprint density at radius 1 is 1.29 bits per heavy atom. The summed E-state index contributed by atoms with van der Waals surface area (Å²) in [5.41, 5.74) is 0.311. The number of hydrogen-bond acceptors (Lipinski definition) is 4. The molecule has 1 rings (SSSR count). The van der Waals surface area contributed by atoms with Gasteiger partial charge in [0.2, 0.25) is 0 Å². The van der Waals surface area contributed by atoms with E-state index in [-0.39, 0.29) is 27.5 Å². The van der Waals surface area contributed by atoms with Gasteiger partial charge in [0.25, 0.3) is 5.91 Å². The van der Waals surface area contributed by atoms with Gasteiger partial charge in [0, 0.05) is 17.8 Å². The third kappa shape index (κ3) is 6.72. The van der Waals surface area contributed by atoms with Crippen molar-refractivity contribution >= 4 is 16.2 Å². The summed E-state index contributed by atoms with van der Waals surface area (Å²) in [4.78, 5) is 14.7. The Hall–Kier alpha value is -1.71. The molecule has 0 aliphatic heterocycles. The molecule has 0 unspecified atom stereocenters. The number of phenolic OH excluding ortho intramolecular Hbond substituents is 1. The number of unbranched alkanes of at least 4 members (excludes halogenated alkanes) is 1. The van der Waals surface area contributed by atoms with Crippen LogP contribution in [0.5, 0.6) is 5.75 Å². The molecule has 1 aromatic carbocycles. The van der Waals surface area contributed by atoms with Crippen LogP contribution in [0.2, 0.25) is 0 Å². The molecule has 0 aromatic heterocycles. The summed E-state index contributed by atoms with van der Waals surface area (Å²) in [6.07, 6.45) is 6.08. The molecule has 0 bridgehead atoms. The quantitative estimate of drug-likeness (QED) is 0.588. The molecule has 6 heteroatoms. The van der Waals surface area contributed by atoms with Crippen LogP contribution in [0.15, 0.2) is 18.2 Å². The van der Waals surface area contributed by atoms with Crippen LogP contribution in [0.1, 0.15) is 63.4 Å². The second-order valence-electron chi connectivity index (χ2n) is 8.83. The van der Waals surface area contributed by atoms with E-state index in [1.54, 1.807) is 17.0 Å². The fourth-order valence-corrected chi connectivity index (χ4v) is 3.43. The number of amides is 1. The van der Waals surface area contributed by atoms with Gasteiger partial charge in [-0.1, -0.05) is 40.7 Å². The van der Waals surface area contributed by atoms with Crippen LogP contribution >= 0.6 is 10.3 Å². The minimum absolute atomic E-state index is 0.121. The zero-order chi connectivity index (χ0) is 21.5. The molecule has 1 amide bonds. The lowest BCUT2D eigenvalue weighted by atomic mass is 10.1. The van der Waals surface area contributed by atoms with Gasteiger partial charge in [0.05, 0.1) is 17.7 Å². The summed E-state index contributed by atoms with van der Waals surface area (Å²) in [6.45, 7) is 12.6. The number of hydrogen-bond donors (Lipinski definition) is 1. The molecule has 0 heterocycles. The van der Waals surface area contributed by atoms with Gasteiger partial charge >= 0.3 is 0 Å². The van der Waals surface area contributed by atoms with Crippen molar-refractivity contribution in [3.63, 3.8) is 0 Å².